The van der Waals surface area contributed by atoms with E-state index in [1.165, 1.54) is 10.9 Å². The lowest BCUT2D eigenvalue weighted by atomic mass is 10.1. The highest BCUT2D eigenvalue weighted by Crippen LogP contribution is 2.16. The monoisotopic (exact) mass is 331 g/mol. The molecule has 1 aromatic heterocycles. The predicted molar refractivity (Wildman–Crippen MR) is 74.5 cm³/mol. The van der Waals surface area contributed by atoms with E-state index in [1.54, 1.807) is 13.2 Å². The van der Waals surface area contributed by atoms with Gasteiger partial charge >= 0.3 is 0 Å². The summed E-state index contributed by atoms with van der Waals surface area (Å²) in [5, 5.41) is 13.2. The molecule has 120 valence electrons. The van der Waals surface area contributed by atoms with E-state index in [1.807, 2.05) is 0 Å². The standard InChI is InChI=1S/C13H15F2N3O3S/c1-18-7-9(6-16-18)4-11(8-19)17-22(20,21)13-5-10(14)2-3-12(13)15/h2-3,5-7,11,17,19H,4,8H2,1H3/t11-/m0/s1. The number of hydrogen-bond donors (Lipinski definition) is 2. The van der Waals surface area contributed by atoms with Gasteiger partial charge in [0.15, 0.2) is 0 Å². The number of halogens is 2. The number of nitrogens with zero attached hydrogens (tertiary/aromatic N) is 2. The highest BCUT2D eigenvalue weighted by Gasteiger charge is 2.24. The van der Waals surface area contributed by atoms with Crippen LogP contribution >= 0.6 is 0 Å². The molecule has 6 nitrogen and oxygen atoms in total. The average Bonchev–Trinajstić information content (AvgIpc) is 2.85. The highest BCUT2D eigenvalue weighted by atomic mass is 32.2. The van der Waals surface area contributed by atoms with Crippen molar-refractivity contribution in [3.05, 3.63) is 47.8 Å². The van der Waals surface area contributed by atoms with E-state index < -0.39 is 39.2 Å². The van der Waals surface area contributed by atoms with Gasteiger partial charge in [-0.2, -0.15) is 5.10 Å². The summed E-state index contributed by atoms with van der Waals surface area (Å²) in [7, 11) is -2.59. The van der Waals surface area contributed by atoms with Gasteiger partial charge in [-0.25, -0.2) is 21.9 Å². The largest absolute Gasteiger partial charge is 0.395 e. The molecule has 1 heterocycles. The van der Waals surface area contributed by atoms with Crippen molar-refractivity contribution in [3.8, 4) is 0 Å². The Bertz CT molecular complexity index is 762. The zero-order valence-electron chi connectivity index (χ0n) is 11.7. The lowest BCUT2D eigenvalue weighted by Crippen LogP contribution is -2.39. The van der Waals surface area contributed by atoms with Crippen LogP contribution in [-0.2, 0) is 23.5 Å². The van der Waals surface area contributed by atoms with E-state index >= 15 is 0 Å². The van der Waals surface area contributed by atoms with Crippen LogP contribution in [0.25, 0.3) is 0 Å². The molecule has 0 unspecified atom stereocenters. The molecule has 0 saturated carbocycles. The average molecular weight is 331 g/mol. The number of benzene rings is 1. The van der Waals surface area contributed by atoms with Gasteiger partial charge in [0.2, 0.25) is 10.0 Å². The molecule has 2 rings (SSSR count). The molecule has 2 aromatic rings. The second-order valence-corrected chi connectivity index (χ2v) is 6.48. The number of aliphatic hydroxyl groups is 1. The van der Waals surface area contributed by atoms with Crippen molar-refractivity contribution in [2.75, 3.05) is 6.61 Å². The normalized spacial score (nSPS) is 13.3. The zero-order chi connectivity index (χ0) is 16.3. The Morgan fingerprint density at radius 2 is 2.14 bits per heavy atom. The molecule has 0 saturated heterocycles. The van der Waals surface area contributed by atoms with Crippen molar-refractivity contribution in [3.63, 3.8) is 0 Å². The van der Waals surface area contributed by atoms with Gasteiger partial charge < -0.3 is 5.11 Å². The third-order valence-electron chi connectivity index (χ3n) is 2.97. The van der Waals surface area contributed by atoms with Gasteiger partial charge in [-0.3, -0.25) is 4.68 Å². The molecule has 22 heavy (non-hydrogen) atoms. The molecule has 0 radical (unpaired) electrons. The zero-order valence-corrected chi connectivity index (χ0v) is 12.5. The fourth-order valence-corrected chi connectivity index (χ4v) is 3.29. The second kappa shape index (κ2) is 6.51. The van der Waals surface area contributed by atoms with Crippen LogP contribution in [0.1, 0.15) is 5.56 Å². The van der Waals surface area contributed by atoms with Crippen molar-refractivity contribution in [1.29, 1.82) is 0 Å². The van der Waals surface area contributed by atoms with Gasteiger partial charge in [0.25, 0.3) is 0 Å². The molecule has 0 spiro atoms. The lowest BCUT2D eigenvalue weighted by Gasteiger charge is -2.16. The molecule has 0 aliphatic heterocycles. The second-order valence-electron chi connectivity index (χ2n) is 4.80. The minimum Gasteiger partial charge on any atom is -0.395 e. The van der Waals surface area contributed by atoms with E-state index in [9.17, 15) is 22.3 Å². The van der Waals surface area contributed by atoms with Crippen molar-refractivity contribution < 1.29 is 22.3 Å². The van der Waals surface area contributed by atoms with E-state index in [0.717, 1.165) is 12.1 Å². The molecule has 1 atom stereocenters. The number of nitrogens with one attached hydrogen (secondary N) is 1. The molecule has 2 N–H and O–H groups in total. The molecule has 1 aromatic carbocycles. The fourth-order valence-electron chi connectivity index (χ4n) is 1.97. The highest BCUT2D eigenvalue weighted by molar-refractivity contribution is 7.89. The summed E-state index contributed by atoms with van der Waals surface area (Å²) < 4.78 is 54.7. The molecule has 0 fully saturated rings. The third-order valence-corrected chi connectivity index (χ3v) is 4.50. The Hall–Kier alpha value is -1.84. The SMILES string of the molecule is Cn1cc(C[C@@H](CO)NS(=O)(=O)c2cc(F)ccc2F)cn1. The van der Waals surface area contributed by atoms with E-state index in [-0.39, 0.29) is 6.42 Å². The van der Waals surface area contributed by atoms with Crippen LogP contribution < -0.4 is 4.72 Å². The maximum Gasteiger partial charge on any atom is 0.243 e. The van der Waals surface area contributed by atoms with Crippen molar-refractivity contribution in [1.82, 2.24) is 14.5 Å². The quantitative estimate of drug-likeness (QED) is 0.811. The Morgan fingerprint density at radius 1 is 1.41 bits per heavy atom. The van der Waals surface area contributed by atoms with Crippen LogP contribution in [0.15, 0.2) is 35.5 Å². The number of aromatic nitrogens is 2. The van der Waals surface area contributed by atoms with Gasteiger partial charge in [-0.1, -0.05) is 0 Å². The Kier molecular flexibility index (Phi) is 4.89. The smallest absolute Gasteiger partial charge is 0.243 e. The van der Waals surface area contributed by atoms with E-state index in [0.29, 0.717) is 11.6 Å². The van der Waals surface area contributed by atoms with Gasteiger partial charge in [-0.05, 0) is 30.2 Å². The summed E-state index contributed by atoms with van der Waals surface area (Å²) in [6.07, 6.45) is 3.36. The van der Waals surface area contributed by atoms with E-state index in [4.69, 9.17) is 0 Å². The third kappa shape index (κ3) is 3.87. The minimum absolute atomic E-state index is 0.167. The molecule has 0 aliphatic carbocycles. The van der Waals surface area contributed by atoms with Crippen LogP contribution in [0, 0.1) is 11.6 Å². The maximum absolute atomic E-state index is 13.6. The molecular weight excluding hydrogens is 316 g/mol. The van der Waals surface area contributed by atoms with Crippen LogP contribution in [-0.4, -0.2) is 36.0 Å². The van der Waals surface area contributed by atoms with Crippen LogP contribution in [0.5, 0.6) is 0 Å². The first-order valence-corrected chi connectivity index (χ1v) is 7.86. The number of aliphatic hydroxyl groups excluding tert-OH is 1. The first kappa shape index (κ1) is 16.5. The van der Waals surface area contributed by atoms with Gasteiger partial charge in [-0.15, -0.1) is 0 Å². The topological polar surface area (TPSA) is 84.2 Å². The Balaban J connectivity index is 2.20. The fraction of sp³-hybridized carbons (Fsp3) is 0.308. The van der Waals surface area contributed by atoms with E-state index in [2.05, 4.69) is 9.82 Å². The predicted octanol–water partition coefficient (Wildman–Crippen LogP) is 0.580. The Morgan fingerprint density at radius 3 is 2.73 bits per heavy atom. The van der Waals surface area contributed by atoms with Gasteiger partial charge in [0.1, 0.15) is 16.5 Å². The van der Waals surface area contributed by atoms with Gasteiger partial charge in [0.05, 0.1) is 12.8 Å². The summed E-state index contributed by atoms with van der Waals surface area (Å²) in [6, 6.07) is 1.28. The van der Waals surface area contributed by atoms with Crippen LogP contribution in [0.2, 0.25) is 0 Å². The first-order valence-electron chi connectivity index (χ1n) is 6.37. The minimum atomic E-state index is -4.29. The Labute approximate surface area is 126 Å². The van der Waals surface area contributed by atoms with Crippen LogP contribution in [0.3, 0.4) is 0 Å². The van der Waals surface area contributed by atoms with Crippen molar-refractivity contribution >= 4 is 10.0 Å². The molecule has 0 aliphatic rings. The summed E-state index contributed by atoms with van der Waals surface area (Å²) >= 11 is 0. The summed E-state index contributed by atoms with van der Waals surface area (Å²) in [5.41, 5.74) is 0.698. The molecular formula is C13H15F2N3O3S. The summed E-state index contributed by atoms with van der Waals surface area (Å²) in [4.78, 5) is -0.794. The molecule has 0 bridgehead atoms. The number of aryl methyl sites for hydroxylation is 1. The van der Waals surface area contributed by atoms with Crippen LogP contribution in [0.4, 0.5) is 8.78 Å². The first-order chi connectivity index (χ1) is 10.3. The summed E-state index contributed by atoms with van der Waals surface area (Å²) in [6.45, 7) is -0.495. The van der Waals surface area contributed by atoms with Gasteiger partial charge in [0, 0.05) is 19.3 Å². The molecule has 0 amide bonds. The number of hydrogen-bond acceptors (Lipinski definition) is 4. The van der Waals surface area contributed by atoms with Crippen molar-refractivity contribution in [2.45, 2.75) is 17.4 Å². The lowest BCUT2D eigenvalue weighted by molar-refractivity contribution is 0.256. The van der Waals surface area contributed by atoms with Crippen molar-refractivity contribution in [2.24, 2.45) is 7.05 Å². The molecule has 9 heteroatoms. The summed E-state index contributed by atoms with van der Waals surface area (Å²) in [5.74, 6) is -1.93. The number of rotatable bonds is 6. The number of sulfonamides is 1. The maximum atomic E-state index is 13.6.